The Labute approximate surface area is 96.2 Å². The van der Waals surface area contributed by atoms with Crippen molar-refractivity contribution in [3.8, 4) is 0 Å². The Morgan fingerprint density at radius 2 is 1.53 bits per heavy atom. The highest BCUT2D eigenvalue weighted by molar-refractivity contribution is 4.78. The molecule has 0 bridgehead atoms. The van der Waals surface area contributed by atoms with E-state index in [0.717, 1.165) is 23.8 Å². The van der Waals surface area contributed by atoms with Gasteiger partial charge in [0.2, 0.25) is 0 Å². The molecule has 15 heavy (non-hydrogen) atoms. The van der Waals surface area contributed by atoms with Crippen LogP contribution in [-0.4, -0.2) is 24.0 Å². The molecule has 1 heteroatoms. The van der Waals surface area contributed by atoms with E-state index in [1.54, 1.807) is 0 Å². The normalized spacial score (nSPS) is 22.6. The first-order valence-electron chi connectivity index (χ1n) is 6.74. The van der Waals surface area contributed by atoms with Gasteiger partial charge in [-0.2, -0.15) is 0 Å². The highest BCUT2D eigenvalue weighted by Crippen LogP contribution is 2.26. The van der Waals surface area contributed by atoms with E-state index in [9.17, 15) is 0 Å². The maximum atomic E-state index is 2.68. The first kappa shape index (κ1) is 13.0. The molecule has 1 heterocycles. The predicted octanol–water partition coefficient (Wildman–Crippen LogP) is 3.79. The first-order valence-corrected chi connectivity index (χ1v) is 6.74. The van der Waals surface area contributed by atoms with Gasteiger partial charge in [0.15, 0.2) is 0 Å². The van der Waals surface area contributed by atoms with Crippen molar-refractivity contribution in [2.24, 2.45) is 17.8 Å². The Kier molecular flexibility index (Phi) is 5.11. The van der Waals surface area contributed by atoms with Crippen LogP contribution < -0.4 is 0 Å². The van der Waals surface area contributed by atoms with Crippen LogP contribution in [0.2, 0.25) is 0 Å². The van der Waals surface area contributed by atoms with E-state index in [4.69, 9.17) is 0 Å². The van der Waals surface area contributed by atoms with Crippen LogP contribution in [0.4, 0.5) is 0 Å². The molecular formula is C14H29N. The van der Waals surface area contributed by atoms with Gasteiger partial charge < -0.3 is 4.90 Å². The number of hydrogen-bond acceptors (Lipinski definition) is 1. The molecule has 90 valence electrons. The molecule has 1 atom stereocenters. The standard InChI is InChI=1S/C14H29N/c1-11(2)10-14-6-8-15(9-7-14)13(5)12(3)4/h11-14H,6-10H2,1-5H3/t13-/m0/s1. The fraction of sp³-hybridized carbons (Fsp3) is 1.00. The summed E-state index contributed by atoms with van der Waals surface area (Å²) in [7, 11) is 0. The van der Waals surface area contributed by atoms with Crippen LogP contribution in [0, 0.1) is 17.8 Å². The van der Waals surface area contributed by atoms with E-state index in [-0.39, 0.29) is 0 Å². The minimum absolute atomic E-state index is 0.769. The monoisotopic (exact) mass is 211 g/mol. The Hall–Kier alpha value is -0.0400. The Morgan fingerprint density at radius 1 is 1.00 bits per heavy atom. The molecule has 0 saturated carbocycles. The summed E-state index contributed by atoms with van der Waals surface area (Å²) in [6.45, 7) is 14.4. The smallest absolute Gasteiger partial charge is 0.00899 e. The summed E-state index contributed by atoms with van der Waals surface area (Å²) in [5.41, 5.74) is 0. The molecule has 1 nitrogen and oxygen atoms in total. The van der Waals surface area contributed by atoms with Crippen molar-refractivity contribution in [3.63, 3.8) is 0 Å². The van der Waals surface area contributed by atoms with E-state index >= 15 is 0 Å². The third-order valence-electron chi connectivity index (χ3n) is 3.99. The van der Waals surface area contributed by atoms with E-state index < -0.39 is 0 Å². The second kappa shape index (κ2) is 5.89. The van der Waals surface area contributed by atoms with Gasteiger partial charge in [0.25, 0.3) is 0 Å². The van der Waals surface area contributed by atoms with Crippen molar-refractivity contribution in [3.05, 3.63) is 0 Å². The zero-order valence-corrected chi connectivity index (χ0v) is 11.3. The summed E-state index contributed by atoms with van der Waals surface area (Å²) >= 11 is 0. The van der Waals surface area contributed by atoms with Crippen LogP contribution in [0.15, 0.2) is 0 Å². The highest BCUT2D eigenvalue weighted by Gasteiger charge is 2.24. The lowest BCUT2D eigenvalue weighted by molar-refractivity contribution is 0.108. The molecule has 0 aromatic carbocycles. The van der Waals surface area contributed by atoms with Crippen molar-refractivity contribution >= 4 is 0 Å². The number of rotatable bonds is 4. The second-order valence-corrected chi connectivity index (χ2v) is 6.09. The van der Waals surface area contributed by atoms with Gasteiger partial charge in [-0.1, -0.05) is 27.7 Å². The highest BCUT2D eigenvalue weighted by atomic mass is 15.2. The molecule has 0 aromatic heterocycles. The number of hydrogen-bond donors (Lipinski definition) is 0. The van der Waals surface area contributed by atoms with E-state index in [1.165, 1.54) is 32.4 Å². The number of nitrogens with zero attached hydrogens (tertiary/aromatic N) is 1. The summed E-state index contributed by atoms with van der Waals surface area (Å²) in [6.07, 6.45) is 4.29. The summed E-state index contributed by atoms with van der Waals surface area (Å²) in [4.78, 5) is 2.68. The van der Waals surface area contributed by atoms with Gasteiger partial charge in [0.05, 0.1) is 0 Å². The van der Waals surface area contributed by atoms with Gasteiger partial charge in [-0.15, -0.1) is 0 Å². The maximum Gasteiger partial charge on any atom is 0.00899 e. The van der Waals surface area contributed by atoms with Crippen molar-refractivity contribution in [2.75, 3.05) is 13.1 Å². The molecular weight excluding hydrogens is 182 g/mol. The molecule has 1 aliphatic heterocycles. The van der Waals surface area contributed by atoms with Crippen molar-refractivity contribution in [1.29, 1.82) is 0 Å². The van der Waals surface area contributed by atoms with Gasteiger partial charge >= 0.3 is 0 Å². The molecule has 0 unspecified atom stereocenters. The SMILES string of the molecule is CC(C)CC1CCN([C@@H](C)C(C)C)CC1. The molecule has 1 aliphatic rings. The van der Waals surface area contributed by atoms with Gasteiger partial charge in [-0.25, -0.2) is 0 Å². The van der Waals surface area contributed by atoms with Crippen molar-refractivity contribution in [1.82, 2.24) is 4.90 Å². The summed E-state index contributed by atoms with van der Waals surface area (Å²) in [5, 5.41) is 0. The predicted molar refractivity (Wildman–Crippen MR) is 68.1 cm³/mol. The average Bonchev–Trinajstić information content (AvgIpc) is 2.17. The molecule has 0 amide bonds. The summed E-state index contributed by atoms with van der Waals surface area (Å²) < 4.78 is 0. The van der Waals surface area contributed by atoms with Crippen molar-refractivity contribution < 1.29 is 0 Å². The molecule has 0 radical (unpaired) electrons. The van der Waals surface area contributed by atoms with Gasteiger partial charge in [0.1, 0.15) is 0 Å². The van der Waals surface area contributed by atoms with Crippen LogP contribution >= 0.6 is 0 Å². The van der Waals surface area contributed by atoms with Gasteiger partial charge in [-0.3, -0.25) is 0 Å². The Balaban J connectivity index is 2.29. The third-order valence-corrected chi connectivity index (χ3v) is 3.99. The molecule has 0 aromatic rings. The lowest BCUT2D eigenvalue weighted by Crippen LogP contribution is -2.42. The van der Waals surface area contributed by atoms with E-state index in [1.807, 2.05) is 0 Å². The van der Waals surface area contributed by atoms with Crippen LogP contribution in [0.1, 0.15) is 53.9 Å². The van der Waals surface area contributed by atoms with E-state index in [0.29, 0.717) is 0 Å². The van der Waals surface area contributed by atoms with Crippen LogP contribution in [0.3, 0.4) is 0 Å². The fourth-order valence-electron chi connectivity index (χ4n) is 2.68. The number of piperidine rings is 1. The van der Waals surface area contributed by atoms with Crippen LogP contribution in [0.5, 0.6) is 0 Å². The fourth-order valence-corrected chi connectivity index (χ4v) is 2.68. The lowest BCUT2D eigenvalue weighted by atomic mass is 9.87. The molecule has 0 spiro atoms. The minimum Gasteiger partial charge on any atom is -0.300 e. The van der Waals surface area contributed by atoms with Gasteiger partial charge in [-0.05, 0) is 57.0 Å². The van der Waals surface area contributed by atoms with E-state index in [2.05, 4.69) is 39.5 Å². The molecule has 1 rings (SSSR count). The zero-order valence-electron chi connectivity index (χ0n) is 11.3. The second-order valence-electron chi connectivity index (χ2n) is 6.09. The zero-order chi connectivity index (χ0) is 11.4. The molecule has 0 N–H and O–H groups in total. The summed E-state index contributed by atoms with van der Waals surface area (Å²) in [5.74, 6) is 2.68. The van der Waals surface area contributed by atoms with Crippen LogP contribution in [-0.2, 0) is 0 Å². The number of likely N-dealkylation sites (tertiary alicyclic amines) is 1. The van der Waals surface area contributed by atoms with Crippen LogP contribution in [0.25, 0.3) is 0 Å². The average molecular weight is 211 g/mol. The Morgan fingerprint density at radius 3 is 1.93 bits per heavy atom. The van der Waals surface area contributed by atoms with Crippen molar-refractivity contribution in [2.45, 2.75) is 59.9 Å². The Bertz CT molecular complexity index is 166. The molecule has 1 fully saturated rings. The first-order chi connectivity index (χ1) is 7.00. The molecule has 1 saturated heterocycles. The lowest BCUT2D eigenvalue weighted by Gasteiger charge is -2.38. The largest absolute Gasteiger partial charge is 0.300 e. The minimum atomic E-state index is 0.769. The topological polar surface area (TPSA) is 3.24 Å². The summed E-state index contributed by atoms with van der Waals surface area (Å²) in [6, 6.07) is 0.769. The maximum absolute atomic E-state index is 2.68. The third kappa shape index (κ3) is 4.14. The molecule has 0 aliphatic carbocycles. The van der Waals surface area contributed by atoms with Gasteiger partial charge in [0, 0.05) is 6.04 Å². The quantitative estimate of drug-likeness (QED) is 0.684.